The van der Waals surface area contributed by atoms with Crippen LogP contribution < -0.4 is 11.1 Å². The van der Waals surface area contributed by atoms with Crippen molar-refractivity contribution in [1.82, 2.24) is 5.32 Å². The maximum absolute atomic E-state index is 5.91. The van der Waals surface area contributed by atoms with Crippen molar-refractivity contribution in [2.24, 2.45) is 10.7 Å². The second kappa shape index (κ2) is 10.2. The molecule has 4 heteroatoms. The molecule has 0 unspecified atom stereocenters. The van der Waals surface area contributed by atoms with Gasteiger partial charge in [0, 0.05) is 26.3 Å². The van der Waals surface area contributed by atoms with Crippen molar-refractivity contribution in [3.05, 3.63) is 0 Å². The Morgan fingerprint density at radius 3 is 2.56 bits per heavy atom. The average Bonchev–Trinajstić information content (AvgIpc) is 2.62. The molecular weight excluding hydrogens is 226 g/mol. The van der Waals surface area contributed by atoms with Gasteiger partial charge in [0.25, 0.3) is 0 Å². The van der Waals surface area contributed by atoms with Gasteiger partial charge in [-0.3, -0.25) is 4.99 Å². The smallest absolute Gasteiger partial charge is 0.188 e. The van der Waals surface area contributed by atoms with Gasteiger partial charge in [-0.15, -0.1) is 0 Å². The van der Waals surface area contributed by atoms with Crippen LogP contribution in [0.15, 0.2) is 4.99 Å². The van der Waals surface area contributed by atoms with Crippen LogP contribution in [0.2, 0.25) is 0 Å². The van der Waals surface area contributed by atoms with E-state index in [0.717, 1.165) is 32.4 Å². The Kier molecular flexibility index (Phi) is 8.65. The minimum Gasteiger partial charge on any atom is -0.385 e. The van der Waals surface area contributed by atoms with Crippen molar-refractivity contribution >= 4 is 5.96 Å². The first-order valence-electron chi connectivity index (χ1n) is 7.38. The van der Waals surface area contributed by atoms with E-state index < -0.39 is 0 Å². The first-order valence-corrected chi connectivity index (χ1v) is 7.38. The Hall–Kier alpha value is -0.770. The molecule has 0 aromatic carbocycles. The van der Waals surface area contributed by atoms with Crippen LogP contribution >= 0.6 is 0 Å². The van der Waals surface area contributed by atoms with E-state index in [1.165, 1.54) is 38.5 Å². The number of hydrogen-bond acceptors (Lipinski definition) is 2. The van der Waals surface area contributed by atoms with Crippen LogP contribution in [0.4, 0.5) is 0 Å². The topological polar surface area (TPSA) is 59.6 Å². The first kappa shape index (κ1) is 15.3. The molecule has 4 nitrogen and oxygen atoms in total. The van der Waals surface area contributed by atoms with Gasteiger partial charge < -0.3 is 15.8 Å². The molecule has 0 radical (unpaired) electrons. The number of aliphatic imine (C=N–C) groups is 1. The van der Waals surface area contributed by atoms with Crippen molar-refractivity contribution < 1.29 is 4.74 Å². The van der Waals surface area contributed by atoms with Crippen LogP contribution in [0.5, 0.6) is 0 Å². The minimum absolute atomic E-state index is 0.546. The molecule has 0 bridgehead atoms. The third-order valence-electron chi connectivity index (χ3n) is 3.50. The number of hydrogen-bond donors (Lipinski definition) is 2. The van der Waals surface area contributed by atoms with Gasteiger partial charge in [0.1, 0.15) is 0 Å². The normalized spacial score (nSPS) is 18.6. The fourth-order valence-corrected chi connectivity index (χ4v) is 2.41. The lowest BCUT2D eigenvalue weighted by Crippen LogP contribution is -2.39. The molecule has 0 aromatic heterocycles. The molecule has 0 aliphatic heterocycles. The van der Waals surface area contributed by atoms with E-state index >= 15 is 0 Å². The zero-order valence-electron chi connectivity index (χ0n) is 11.8. The summed E-state index contributed by atoms with van der Waals surface area (Å²) in [4.78, 5) is 4.39. The van der Waals surface area contributed by atoms with Gasteiger partial charge in [-0.25, -0.2) is 0 Å². The molecule has 0 spiro atoms. The van der Waals surface area contributed by atoms with Gasteiger partial charge in [0.05, 0.1) is 0 Å². The molecule has 3 N–H and O–H groups in total. The van der Waals surface area contributed by atoms with Crippen molar-refractivity contribution in [3.63, 3.8) is 0 Å². The van der Waals surface area contributed by atoms with Gasteiger partial charge >= 0.3 is 0 Å². The Morgan fingerprint density at radius 1 is 1.17 bits per heavy atom. The third-order valence-corrected chi connectivity index (χ3v) is 3.50. The molecule has 1 saturated carbocycles. The highest BCUT2D eigenvalue weighted by Gasteiger charge is 2.11. The van der Waals surface area contributed by atoms with Gasteiger partial charge in [-0.2, -0.15) is 0 Å². The largest absolute Gasteiger partial charge is 0.385 e. The van der Waals surface area contributed by atoms with Crippen LogP contribution in [0.1, 0.15) is 57.8 Å². The standard InChI is InChI=1S/C14H29N3O/c1-18-12-8-4-7-11-16-14(15)17-13-9-5-2-3-6-10-13/h13H,2-12H2,1H3,(H3,15,16,17). The Labute approximate surface area is 111 Å². The molecule has 1 fully saturated rings. The number of unbranched alkanes of at least 4 members (excludes halogenated alkanes) is 2. The Bertz CT molecular complexity index is 223. The van der Waals surface area contributed by atoms with Gasteiger partial charge in [0.15, 0.2) is 5.96 Å². The highest BCUT2D eigenvalue weighted by molar-refractivity contribution is 5.78. The summed E-state index contributed by atoms with van der Waals surface area (Å²) in [6.07, 6.45) is 11.2. The summed E-state index contributed by atoms with van der Waals surface area (Å²) in [5.41, 5.74) is 5.91. The summed E-state index contributed by atoms with van der Waals surface area (Å²) in [6.45, 7) is 1.68. The maximum Gasteiger partial charge on any atom is 0.188 e. The highest BCUT2D eigenvalue weighted by Crippen LogP contribution is 2.16. The van der Waals surface area contributed by atoms with E-state index in [9.17, 15) is 0 Å². The van der Waals surface area contributed by atoms with Crippen LogP contribution in [-0.4, -0.2) is 32.3 Å². The lowest BCUT2D eigenvalue weighted by molar-refractivity contribution is 0.192. The van der Waals surface area contributed by atoms with Gasteiger partial charge in [0.2, 0.25) is 0 Å². The molecule has 1 rings (SSSR count). The second-order valence-electron chi connectivity index (χ2n) is 5.15. The monoisotopic (exact) mass is 255 g/mol. The zero-order valence-corrected chi connectivity index (χ0v) is 11.8. The summed E-state index contributed by atoms with van der Waals surface area (Å²) in [7, 11) is 1.74. The predicted molar refractivity (Wildman–Crippen MR) is 76.8 cm³/mol. The second-order valence-corrected chi connectivity index (χ2v) is 5.15. The highest BCUT2D eigenvalue weighted by atomic mass is 16.5. The van der Waals surface area contributed by atoms with E-state index in [4.69, 9.17) is 10.5 Å². The molecule has 0 aromatic rings. The summed E-state index contributed by atoms with van der Waals surface area (Å²) in [6, 6.07) is 0.546. The molecule has 0 heterocycles. The zero-order chi connectivity index (χ0) is 13.1. The minimum atomic E-state index is 0.546. The van der Waals surface area contributed by atoms with Crippen LogP contribution in [-0.2, 0) is 4.74 Å². The molecule has 18 heavy (non-hydrogen) atoms. The van der Waals surface area contributed by atoms with Crippen LogP contribution in [0, 0.1) is 0 Å². The van der Waals surface area contributed by atoms with Crippen molar-refractivity contribution in [2.75, 3.05) is 20.3 Å². The summed E-state index contributed by atoms with van der Waals surface area (Å²) in [5, 5.41) is 3.36. The molecule has 0 amide bonds. The van der Waals surface area contributed by atoms with E-state index in [2.05, 4.69) is 10.3 Å². The number of nitrogens with zero attached hydrogens (tertiary/aromatic N) is 1. The van der Waals surface area contributed by atoms with Crippen molar-refractivity contribution in [3.8, 4) is 0 Å². The SMILES string of the molecule is COCCCCCN=C(N)NC1CCCCCC1. The number of guanidine groups is 1. The molecule has 1 aliphatic carbocycles. The fourth-order valence-electron chi connectivity index (χ4n) is 2.41. The van der Waals surface area contributed by atoms with E-state index in [-0.39, 0.29) is 0 Å². The third kappa shape index (κ3) is 7.54. The predicted octanol–water partition coefficient (Wildman–Crippen LogP) is 2.43. The van der Waals surface area contributed by atoms with Gasteiger partial charge in [-0.1, -0.05) is 25.7 Å². The first-order chi connectivity index (χ1) is 8.83. The molecule has 0 saturated heterocycles. The van der Waals surface area contributed by atoms with Crippen molar-refractivity contribution in [1.29, 1.82) is 0 Å². The number of rotatable bonds is 7. The lowest BCUT2D eigenvalue weighted by Gasteiger charge is -2.16. The average molecular weight is 255 g/mol. The van der Waals surface area contributed by atoms with Crippen LogP contribution in [0.25, 0.3) is 0 Å². The quantitative estimate of drug-likeness (QED) is 0.318. The Morgan fingerprint density at radius 2 is 1.89 bits per heavy atom. The number of ether oxygens (including phenoxy) is 1. The Balaban J connectivity index is 2.08. The lowest BCUT2D eigenvalue weighted by atomic mass is 10.1. The fraction of sp³-hybridized carbons (Fsp3) is 0.929. The van der Waals surface area contributed by atoms with Crippen molar-refractivity contribution in [2.45, 2.75) is 63.8 Å². The molecular formula is C14H29N3O. The maximum atomic E-state index is 5.91. The number of methoxy groups -OCH3 is 1. The van der Waals surface area contributed by atoms with E-state index in [1.54, 1.807) is 7.11 Å². The summed E-state index contributed by atoms with van der Waals surface area (Å²) < 4.78 is 5.01. The molecule has 0 atom stereocenters. The summed E-state index contributed by atoms with van der Waals surface area (Å²) in [5.74, 6) is 0.633. The van der Waals surface area contributed by atoms with Crippen LogP contribution in [0.3, 0.4) is 0 Å². The summed E-state index contributed by atoms with van der Waals surface area (Å²) >= 11 is 0. The molecule has 1 aliphatic rings. The number of nitrogens with two attached hydrogens (primary N) is 1. The van der Waals surface area contributed by atoms with Gasteiger partial charge in [-0.05, 0) is 32.1 Å². The van der Waals surface area contributed by atoms with E-state index in [1.807, 2.05) is 0 Å². The van der Waals surface area contributed by atoms with E-state index in [0.29, 0.717) is 12.0 Å². The number of nitrogens with one attached hydrogen (secondary N) is 1. The molecule has 106 valence electrons.